The SMILES string of the molecule is CCc1cnc(CNC2CCC3(CCCC3)CC2)o1. The van der Waals surface area contributed by atoms with Crippen LogP contribution in [0.25, 0.3) is 0 Å². The van der Waals surface area contributed by atoms with E-state index in [0.717, 1.165) is 30.0 Å². The molecule has 1 aromatic heterocycles. The third kappa shape index (κ3) is 3.02. The summed E-state index contributed by atoms with van der Waals surface area (Å²) in [4.78, 5) is 4.31. The van der Waals surface area contributed by atoms with Gasteiger partial charge in [-0.25, -0.2) is 4.98 Å². The molecule has 0 saturated heterocycles. The molecule has 1 N–H and O–H groups in total. The standard InChI is InChI=1S/C16H26N2O/c1-2-14-11-18-15(19-14)12-17-13-5-9-16(10-6-13)7-3-4-8-16/h11,13,17H,2-10,12H2,1H3. The van der Waals surface area contributed by atoms with Gasteiger partial charge in [-0.2, -0.15) is 0 Å². The van der Waals surface area contributed by atoms with Crippen molar-refractivity contribution in [2.24, 2.45) is 5.41 Å². The molecule has 3 rings (SSSR count). The quantitative estimate of drug-likeness (QED) is 0.896. The van der Waals surface area contributed by atoms with Gasteiger partial charge in [0.05, 0.1) is 12.7 Å². The highest BCUT2D eigenvalue weighted by Crippen LogP contribution is 2.48. The zero-order chi connectivity index (χ0) is 13.1. The minimum absolute atomic E-state index is 0.670. The van der Waals surface area contributed by atoms with Crippen molar-refractivity contribution >= 4 is 0 Å². The van der Waals surface area contributed by atoms with E-state index in [1.807, 2.05) is 6.20 Å². The van der Waals surface area contributed by atoms with E-state index < -0.39 is 0 Å². The first kappa shape index (κ1) is 13.2. The predicted molar refractivity (Wildman–Crippen MR) is 75.9 cm³/mol. The fraction of sp³-hybridized carbons (Fsp3) is 0.812. The lowest BCUT2D eigenvalue weighted by Crippen LogP contribution is -2.36. The summed E-state index contributed by atoms with van der Waals surface area (Å²) >= 11 is 0. The van der Waals surface area contributed by atoms with Crippen molar-refractivity contribution in [2.75, 3.05) is 0 Å². The number of nitrogens with one attached hydrogen (secondary N) is 1. The summed E-state index contributed by atoms with van der Waals surface area (Å²) in [7, 11) is 0. The maximum atomic E-state index is 5.64. The summed E-state index contributed by atoms with van der Waals surface area (Å²) in [6.07, 6.45) is 14.2. The summed E-state index contributed by atoms with van der Waals surface area (Å²) in [5.41, 5.74) is 0.733. The van der Waals surface area contributed by atoms with Gasteiger partial charge >= 0.3 is 0 Å². The van der Waals surface area contributed by atoms with Gasteiger partial charge in [0.25, 0.3) is 0 Å². The number of rotatable bonds is 4. The Hall–Kier alpha value is -0.830. The van der Waals surface area contributed by atoms with E-state index in [-0.39, 0.29) is 0 Å². The van der Waals surface area contributed by atoms with E-state index in [9.17, 15) is 0 Å². The summed E-state index contributed by atoms with van der Waals surface area (Å²) < 4.78 is 5.64. The number of oxazole rings is 1. The van der Waals surface area contributed by atoms with Crippen LogP contribution in [0.5, 0.6) is 0 Å². The van der Waals surface area contributed by atoms with E-state index in [4.69, 9.17) is 4.42 Å². The third-order valence-corrected chi connectivity index (χ3v) is 5.20. The monoisotopic (exact) mass is 262 g/mol. The minimum Gasteiger partial charge on any atom is -0.444 e. The molecule has 2 aliphatic rings. The van der Waals surface area contributed by atoms with Crippen molar-refractivity contribution in [1.29, 1.82) is 0 Å². The fourth-order valence-electron chi connectivity index (χ4n) is 3.88. The van der Waals surface area contributed by atoms with Gasteiger partial charge in [-0.3, -0.25) is 0 Å². The Morgan fingerprint density at radius 3 is 2.63 bits per heavy atom. The van der Waals surface area contributed by atoms with Crippen LogP contribution < -0.4 is 5.32 Å². The van der Waals surface area contributed by atoms with Crippen molar-refractivity contribution in [3.63, 3.8) is 0 Å². The molecule has 1 spiro atoms. The van der Waals surface area contributed by atoms with Crippen LogP contribution in [0.3, 0.4) is 0 Å². The lowest BCUT2D eigenvalue weighted by atomic mass is 9.71. The predicted octanol–water partition coefficient (Wildman–Crippen LogP) is 3.83. The number of hydrogen-bond donors (Lipinski definition) is 1. The van der Waals surface area contributed by atoms with Crippen LogP contribution in [0, 0.1) is 5.41 Å². The molecule has 0 atom stereocenters. The summed E-state index contributed by atoms with van der Waals surface area (Å²) in [5.74, 6) is 1.84. The van der Waals surface area contributed by atoms with Crippen LogP contribution in [-0.4, -0.2) is 11.0 Å². The van der Waals surface area contributed by atoms with Crippen molar-refractivity contribution in [3.8, 4) is 0 Å². The van der Waals surface area contributed by atoms with Crippen LogP contribution >= 0.6 is 0 Å². The second-order valence-electron chi connectivity index (χ2n) is 6.44. The average molecular weight is 262 g/mol. The third-order valence-electron chi connectivity index (χ3n) is 5.20. The van der Waals surface area contributed by atoms with Crippen molar-refractivity contribution < 1.29 is 4.42 Å². The summed E-state index contributed by atoms with van der Waals surface area (Å²) in [5, 5.41) is 3.63. The molecule has 3 nitrogen and oxygen atoms in total. The minimum atomic E-state index is 0.670. The van der Waals surface area contributed by atoms with Gasteiger partial charge in [0.15, 0.2) is 0 Å². The molecule has 0 amide bonds. The molecular weight excluding hydrogens is 236 g/mol. The highest BCUT2D eigenvalue weighted by molar-refractivity contribution is 4.95. The molecule has 2 fully saturated rings. The van der Waals surface area contributed by atoms with Crippen LogP contribution in [-0.2, 0) is 13.0 Å². The lowest BCUT2D eigenvalue weighted by Gasteiger charge is -2.37. The van der Waals surface area contributed by atoms with E-state index in [1.54, 1.807) is 0 Å². The molecule has 0 bridgehead atoms. The lowest BCUT2D eigenvalue weighted by molar-refractivity contribution is 0.166. The molecule has 2 aliphatic carbocycles. The molecule has 1 heterocycles. The second kappa shape index (κ2) is 5.66. The Balaban J connectivity index is 1.44. The highest BCUT2D eigenvalue weighted by atomic mass is 16.4. The first-order valence-electron chi connectivity index (χ1n) is 7.97. The molecule has 0 aliphatic heterocycles. The molecular formula is C16H26N2O. The molecule has 0 aromatic carbocycles. The van der Waals surface area contributed by atoms with Gasteiger partial charge < -0.3 is 9.73 Å². The molecule has 0 unspecified atom stereocenters. The molecule has 1 aromatic rings. The molecule has 106 valence electrons. The smallest absolute Gasteiger partial charge is 0.208 e. The van der Waals surface area contributed by atoms with Crippen LogP contribution in [0.4, 0.5) is 0 Å². The maximum absolute atomic E-state index is 5.64. The highest BCUT2D eigenvalue weighted by Gasteiger charge is 2.37. The fourth-order valence-corrected chi connectivity index (χ4v) is 3.88. The molecule has 3 heteroatoms. The van der Waals surface area contributed by atoms with Gasteiger partial charge in [0, 0.05) is 12.5 Å². The Kier molecular flexibility index (Phi) is 3.92. The number of aryl methyl sites for hydroxylation is 1. The Morgan fingerprint density at radius 2 is 2.00 bits per heavy atom. The van der Waals surface area contributed by atoms with Crippen LogP contribution in [0.15, 0.2) is 10.6 Å². The molecule has 19 heavy (non-hydrogen) atoms. The van der Waals surface area contributed by atoms with E-state index in [1.165, 1.54) is 51.4 Å². The van der Waals surface area contributed by atoms with Gasteiger partial charge in [0.1, 0.15) is 5.76 Å². The van der Waals surface area contributed by atoms with E-state index >= 15 is 0 Å². The second-order valence-corrected chi connectivity index (χ2v) is 6.44. The summed E-state index contributed by atoms with van der Waals surface area (Å²) in [6.45, 7) is 2.89. The van der Waals surface area contributed by atoms with E-state index in [2.05, 4.69) is 17.2 Å². The van der Waals surface area contributed by atoms with Crippen LogP contribution in [0.2, 0.25) is 0 Å². The largest absolute Gasteiger partial charge is 0.444 e. The molecule has 0 radical (unpaired) electrons. The Labute approximate surface area is 116 Å². The normalized spacial score (nSPS) is 23.2. The van der Waals surface area contributed by atoms with Gasteiger partial charge in [0.2, 0.25) is 5.89 Å². The first-order chi connectivity index (χ1) is 9.30. The first-order valence-corrected chi connectivity index (χ1v) is 7.97. The number of hydrogen-bond acceptors (Lipinski definition) is 3. The average Bonchev–Trinajstić information content (AvgIpc) is 3.08. The van der Waals surface area contributed by atoms with Crippen LogP contribution in [0.1, 0.15) is 69.9 Å². The maximum Gasteiger partial charge on any atom is 0.208 e. The van der Waals surface area contributed by atoms with Crippen molar-refractivity contribution in [2.45, 2.75) is 77.3 Å². The Bertz CT molecular complexity index is 397. The van der Waals surface area contributed by atoms with Gasteiger partial charge in [-0.1, -0.05) is 19.8 Å². The molecule has 2 saturated carbocycles. The Morgan fingerprint density at radius 1 is 1.26 bits per heavy atom. The number of nitrogens with zero attached hydrogens (tertiary/aromatic N) is 1. The zero-order valence-electron chi connectivity index (χ0n) is 12.1. The zero-order valence-corrected chi connectivity index (χ0v) is 12.1. The number of aromatic nitrogens is 1. The van der Waals surface area contributed by atoms with E-state index in [0.29, 0.717) is 6.04 Å². The van der Waals surface area contributed by atoms with Crippen molar-refractivity contribution in [1.82, 2.24) is 10.3 Å². The topological polar surface area (TPSA) is 38.1 Å². The van der Waals surface area contributed by atoms with Gasteiger partial charge in [-0.05, 0) is 43.9 Å². The van der Waals surface area contributed by atoms with Gasteiger partial charge in [-0.15, -0.1) is 0 Å². The van der Waals surface area contributed by atoms with Crippen molar-refractivity contribution in [3.05, 3.63) is 17.8 Å². The summed E-state index contributed by atoms with van der Waals surface area (Å²) in [6, 6.07) is 0.670.